The molecule has 0 N–H and O–H groups in total. The van der Waals surface area contributed by atoms with E-state index >= 15 is 0 Å². The van der Waals surface area contributed by atoms with Gasteiger partial charge in [0, 0.05) is 31.2 Å². The minimum Gasteiger partial charge on any atom is -0.464 e. The Bertz CT molecular complexity index is 1270. The maximum Gasteiger partial charge on any atom is 0.358 e. The molecule has 4 aromatic rings. The van der Waals surface area contributed by atoms with Gasteiger partial charge in [0.2, 0.25) is 0 Å². The summed E-state index contributed by atoms with van der Waals surface area (Å²) >= 11 is 6.14. The number of fused-ring (bicyclic) bond motifs is 1. The summed E-state index contributed by atoms with van der Waals surface area (Å²) in [5.74, 6) is 1.06. The summed E-state index contributed by atoms with van der Waals surface area (Å²) in [6.07, 6.45) is 3.35. The van der Waals surface area contributed by atoms with Crippen LogP contribution < -0.4 is 9.80 Å². The third kappa shape index (κ3) is 3.69. The number of benzene rings is 1. The van der Waals surface area contributed by atoms with Crippen molar-refractivity contribution < 1.29 is 9.53 Å². The fourth-order valence-electron chi connectivity index (χ4n) is 3.74. The number of ether oxygens (including phenoxy) is 1. The lowest BCUT2D eigenvalue weighted by atomic mass is 10.2. The van der Waals surface area contributed by atoms with E-state index in [1.54, 1.807) is 29.3 Å². The summed E-state index contributed by atoms with van der Waals surface area (Å²) in [5.41, 5.74) is 1.76. The molecule has 0 radical (unpaired) electrons. The molecule has 0 saturated carbocycles. The molecule has 162 valence electrons. The van der Waals surface area contributed by atoms with Crippen LogP contribution in [0.25, 0.3) is 16.7 Å². The third-order valence-electron chi connectivity index (χ3n) is 5.35. The minimum absolute atomic E-state index is 0.190. The summed E-state index contributed by atoms with van der Waals surface area (Å²) in [6.45, 7) is 2.96. The monoisotopic (exact) mass is 450 g/mol. The second kappa shape index (κ2) is 8.39. The highest BCUT2D eigenvalue weighted by molar-refractivity contribution is 6.30. The van der Waals surface area contributed by atoms with Crippen molar-refractivity contribution in [3.05, 3.63) is 59.6 Å². The lowest BCUT2D eigenvalue weighted by molar-refractivity contribution is 0.0592. The van der Waals surface area contributed by atoms with Gasteiger partial charge in [0.05, 0.1) is 24.4 Å². The maximum absolute atomic E-state index is 11.5. The summed E-state index contributed by atoms with van der Waals surface area (Å²) in [7, 11) is 1.32. The Morgan fingerprint density at radius 2 is 1.84 bits per heavy atom. The predicted octanol–water partition coefficient (Wildman–Crippen LogP) is 2.37. The fourth-order valence-corrected chi connectivity index (χ4v) is 3.92. The molecule has 0 amide bonds. The minimum atomic E-state index is -0.500. The molecule has 0 unspecified atom stereocenters. The van der Waals surface area contributed by atoms with Crippen molar-refractivity contribution in [1.82, 2.24) is 29.9 Å². The molecule has 3 aromatic heterocycles. The Balaban J connectivity index is 1.35. The van der Waals surface area contributed by atoms with E-state index in [4.69, 9.17) is 11.6 Å². The first-order chi connectivity index (χ1) is 15.6. The number of rotatable bonds is 4. The number of nitrogens with zero attached hydrogens (tertiary/aromatic N) is 8. The highest BCUT2D eigenvalue weighted by Gasteiger charge is 2.23. The van der Waals surface area contributed by atoms with Crippen LogP contribution in [-0.2, 0) is 4.74 Å². The zero-order valence-electron chi connectivity index (χ0n) is 17.2. The maximum atomic E-state index is 11.5. The van der Waals surface area contributed by atoms with Gasteiger partial charge in [0.25, 0.3) is 0 Å². The van der Waals surface area contributed by atoms with Gasteiger partial charge >= 0.3 is 5.97 Å². The molecule has 4 heterocycles. The van der Waals surface area contributed by atoms with Crippen molar-refractivity contribution in [2.24, 2.45) is 0 Å². The van der Waals surface area contributed by atoms with Crippen molar-refractivity contribution in [3.63, 3.8) is 0 Å². The summed E-state index contributed by atoms with van der Waals surface area (Å²) < 4.78 is 6.43. The van der Waals surface area contributed by atoms with Gasteiger partial charge in [-0.2, -0.15) is 5.10 Å². The number of piperazine rings is 1. The highest BCUT2D eigenvalue weighted by atomic mass is 35.5. The molecule has 1 aromatic carbocycles. The summed E-state index contributed by atoms with van der Waals surface area (Å²) in [6, 6.07) is 10.9. The molecule has 11 heteroatoms. The average molecular weight is 451 g/mol. The zero-order valence-corrected chi connectivity index (χ0v) is 18.0. The molecule has 0 bridgehead atoms. The number of hydrogen-bond donors (Lipinski definition) is 0. The smallest absolute Gasteiger partial charge is 0.358 e. The van der Waals surface area contributed by atoms with Gasteiger partial charge in [-0.3, -0.25) is 0 Å². The molecular weight excluding hydrogens is 432 g/mol. The number of anilines is 2. The molecule has 1 aliphatic rings. The van der Waals surface area contributed by atoms with Gasteiger partial charge in [-0.1, -0.05) is 17.7 Å². The standard InChI is InChI=1S/C21H19ClN8O2/c1-32-21(31)17-5-6-18(27-26-17)28-7-9-29(10-8-28)19-16-12-25-30(20(16)24-13-23-19)15-4-2-3-14(22)11-15/h2-6,11-13H,7-10H2,1H3. The molecule has 0 spiro atoms. The van der Waals surface area contributed by atoms with Crippen molar-refractivity contribution >= 4 is 40.2 Å². The predicted molar refractivity (Wildman–Crippen MR) is 119 cm³/mol. The molecule has 1 saturated heterocycles. The van der Waals surface area contributed by atoms with Crippen LogP contribution in [0.3, 0.4) is 0 Å². The lowest BCUT2D eigenvalue weighted by Crippen LogP contribution is -2.47. The number of aromatic nitrogens is 6. The fraction of sp³-hybridized carbons (Fsp3) is 0.238. The Kier molecular flexibility index (Phi) is 5.28. The third-order valence-corrected chi connectivity index (χ3v) is 5.58. The Morgan fingerprint density at radius 3 is 2.56 bits per heavy atom. The largest absolute Gasteiger partial charge is 0.464 e. The van der Waals surface area contributed by atoms with E-state index in [0.717, 1.165) is 54.5 Å². The molecule has 1 aliphatic heterocycles. The van der Waals surface area contributed by atoms with Gasteiger partial charge in [-0.15, -0.1) is 10.2 Å². The number of carbonyl (C=O) groups is 1. The van der Waals surface area contributed by atoms with Crippen LogP contribution in [-0.4, -0.2) is 69.2 Å². The van der Waals surface area contributed by atoms with Gasteiger partial charge in [0.15, 0.2) is 17.2 Å². The molecule has 1 fully saturated rings. The normalized spacial score (nSPS) is 14.1. The number of halogens is 1. The Labute approximate surface area is 188 Å². The first-order valence-corrected chi connectivity index (χ1v) is 10.4. The van der Waals surface area contributed by atoms with E-state index in [-0.39, 0.29) is 5.69 Å². The van der Waals surface area contributed by atoms with Crippen LogP contribution in [0.2, 0.25) is 5.02 Å². The number of methoxy groups -OCH3 is 1. The average Bonchev–Trinajstić information content (AvgIpc) is 3.28. The van der Waals surface area contributed by atoms with Crippen LogP contribution in [0.1, 0.15) is 10.5 Å². The van der Waals surface area contributed by atoms with Crippen LogP contribution in [0, 0.1) is 0 Å². The molecule has 5 rings (SSSR count). The molecular formula is C21H19ClN8O2. The molecule has 32 heavy (non-hydrogen) atoms. The number of hydrogen-bond acceptors (Lipinski definition) is 9. The molecule has 10 nitrogen and oxygen atoms in total. The van der Waals surface area contributed by atoms with Gasteiger partial charge in [0.1, 0.15) is 12.1 Å². The van der Waals surface area contributed by atoms with E-state index < -0.39 is 5.97 Å². The van der Waals surface area contributed by atoms with Crippen molar-refractivity contribution in [2.75, 3.05) is 43.1 Å². The zero-order chi connectivity index (χ0) is 22.1. The SMILES string of the molecule is COC(=O)c1ccc(N2CCN(c3ncnc4c3cnn4-c3cccc(Cl)c3)CC2)nn1. The molecule has 0 atom stereocenters. The van der Waals surface area contributed by atoms with E-state index in [2.05, 4.69) is 39.8 Å². The topological polar surface area (TPSA) is 102 Å². The lowest BCUT2D eigenvalue weighted by Gasteiger charge is -2.35. The van der Waals surface area contributed by atoms with E-state index in [9.17, 15) is 4.79 Å². The Hall–Kier alpha value is -3.79. The number of carbonyl (C=O) groups excluding carboxylic acids is 1. The number of esters is 1. The summed E-state index contributed by atoms with van der Waals surface area (Å²) in [4.78, 5) is 24.9. The van der Waals surface area contributed by atoms with Crippen LogP contribution in [0.15, 0.2) is 48.9 Å². The van der Waals surface area contributed by atoms with Crippen molar-refractivity contribution in [1.29, 1.82) is 0 Å². The quantitative estimate of drug-likeness (QED) is 0.433. The first kappa shape index (κ1) is 20.1. The highest BCUT2D eigenvalue weighted by Crippen LogP contribution is 2.26. The van der Waals surface area contributed by atoms with E-state index in [1.807, 2.05) is 24.3 Å². The van der Waals surface area contributed by atoms with E-state index in [1.165, 1.54) is 7.11 Å². The van der Waals surface area contributed by atoms with Crippen LogP contribution in [0.4, 0.5) is 11.6 Å². The first-order valence-electron chi connectivity index (χ1n) is 10.0. The van der Waals surface area contributed by atoms with Crippen LogP contribution >= 0.6 is 11.6 Å². The van der Waals surface area contributed by atoms with Gasteiger partial charge in [-0.25, -0.2) is 19.4 Å². The van der Waals surface area contributed by atoms with Crippen molar-refractivity contribution in [2.45, 2.75) is 0 Å². The van der Waals surface area contributed by atoms with Crippen molar-refractivity contribution in [3.8, 4) is 5.69 Å². The summed E-state index contributed by atoms with van der Waals surface area (Å²) in [5, 5.41) is 14.2. The Morgan fingerprint density at radius 1 is 1.03 bits per heavy atom. The molecule has 0 aliphatic carbocycles. The van der Waals surface area contributed by atoms with E-state index in [0.29, 0.717) is 5.02 Å². The van der Waals surface area contributed by atoms with Gasteiger partial charge in [-0.05, 0) is 30.3 Å². The second-order valence-corrected chi connectivity index (χ2v) is 7.65. The second-order valence-electron chi connectivity index (χ2n) is 7.21. The van der Waals surface area contributed by atoms with Crippen LogP contribution in [0.5, 0.6) is 0 Å². The van der Waals surface area contributed by atoms with Gasteiger partial charge < -0.3 is 14.5 Å².